The van der Waals surface area contributed by atoms with Crippen LogP contribution in [-0.4, -0.2) is 38.6 Å². The Balaban J connectivity index is 1.65. The fourth-order valence-electron chi connectivity index (χ4n) is 3.41. The third-order valence-corrected chi connectivity index (χ3v) is 5.12. The van der Waals surface area contributed by atoms with Crippen molar-refractivity contribution < 1.29 is 22.7 Å². The van der Waals surface area contributed by atoms with Gasteiger partial charge < -0.3 is 10.1 Å². The number of imidazole rings is 1. The molecule has 1 unspecified atom stereocenters. The largest absolute Gasteiger partial charge is 0.450 e. The molecule has 0 saturated carbocycles. The fourth-order valence-corrected chi connectivity index (χ4v) is 3.41. The number of hydrogen-bond donors (Lipinski definition) is 1. The Morgan fingerprint density at radius 1 is 1.22 bits per heavy atom. The highest BCUT2D eigenvalue weighted by Crippen LogP contribution is 2.27. The number of aromatic nitrogens is 4. The Hall–Kier alpha value is -3.53. The monoisotopic (exact) mass is 443 g/mol. The van der Waals surface area contributed by atoms with Gasteiger partial charge in [0.15, 0.2) is 11.6 Å². The first-order valence-electron chi connectivity index (χ1n) is 9.93. The molecule has 2 heterocycles. The standard InChI is InChI=1S/C22H20F3N5O2/c1-3-13-4-6-14(7-5-13)20(31)29-18-11-27-19(12-26-18)30-17-9-8-15(32-2)10-16(17)28-21(30)22(23,24)25/h4-7,9-12,15H,3,8H2,1-2H3,(H,26,29,31). The van der Waals surface area contributed by atoms with Gasteiger partial charge in [-0.05, 0) is 36.6 Å². The first kappa shape index (κ1) is 21.7. The van der Waals surface area contributed by atoms with E-state index in [-0.39, 0.29) is 34.3 Å². The van der Waals surface area contributed by atoms with Crippen LogP contribution in [0, 0.1) is 0 Å². The minimum atomic E-state index is -4.69. The summed E-state index contributed by atoms with van der Waals surface area (Å²) in [4.78, 5) is 24.3. The average molecular weight is 443 g/mol. The number of nitrogens with zero attached hydrogens (tertiary/aromatic N) is 4. The predicted octanol–water partition coefficient (Wildman–Crippen LogP) is 2.48. The van der Waals surface area contributed by atoms with Crippen molar-refractivity contribution in [1.82, 2.24) is 19.5 Å². The van der Waals surface area contributed by atoms with Crippen LogP contribution in [0.4, 0.5) is 19.0 Å². The molecule has 32 heavy (non-hydrogen) atoms. The molecule has 0 aliphatic heterocycles. The van der Waals surface area contributed by atoms with Gasteiger partial charge >= 0.3 is 6.18 Å². The molecule has 4 rings (SSSR count). The SMILES string of the molecule is CCc1ccc(C(=O)Nc2cnc(-n3c(C(F)(F)F)nc4c3=CCC(OC)C=4)cn2)cc1. The van der Waals surface area contributed by atoms with Crippen molar-refractivity contribution in [2.24, 2.45) is 0 Å². The normalized spacial score (nSPS) is 15.5. The average Bonchev–Trinajstić information content (AvgIpc) is 3.19. The third kappa shape index (κ3) is 4.26. The van der Waals surface area contributed by atoms with Crippen LogP contribution in [0.1, 0.15) is 35.1 Å². The van der Waals surface area contributed by atoms with E-state index >= 15 is 0 Å². The number of nitrogens with one attached hydrogen (secondary N) is 1. The number of anilines is 1. The predicted molar refractivity (Wildman–Crippen MR) is 112 cm³/mol. The second-order valence-corrected chi connectivity index (χ2v) is 7.18. The van der Waals surface area contributed by atoms with Gasteiger partial charge in [-0.25, -0.2) is 15.0 Å². The summed E-state index contributed by atoms with van der Waals surface area (Å²) >= 11 is 0. The number of alkyl halides is 3. The number of halogens is 3. The molecule has 3 aromatic rings. The van der Waals surface area contributed by atoms with E-state index in [9.17, 15) is 18.0 Å². The zero-order valence-corrected chi connectivity index (χ0v) is 17.3. The number of carbonyl (C=O) groups is 1. The van der Waals surface area contributed by atoms with E-state index in [0.717, 1.165) is 16.6 Å². The van der Waals surface area contributed by atoms with Crippen molar-refractivity contribution in [3.8, 4) is 5.82 Å². The van der Waals surface area contributed by atoms with Crippen LogP contribution < -0.4 is 16.0 Å². The van der Waals surface area contributed by atoms with Crippen LogP contribution in [0.5, 0.6) is 0 Å². The number of rotatable bonds is 5. The zero-order chi connectivity index (χ0) is 22.9. The highest BCUT2D eigenvalue weighted by atomic mass is 19.4. The van der Waals surface area contributed by atoms with Crippen molar-refractivity contribution in [2.45, 2.75) is 32.0 Å². The molecule has 10 heteroatoms. The molecular formula is C22H20F3N5O2. The Kier molecular flexibility index (Phi) is 5.79. The number of methoxy groups -OCH3 is 1. The molecule has 1 N–H and O–H groups in total. The minimum absolute atomic E-state index is 0.0584. The maximum absolute atomic E-state index is 13.6. The van der Waals surface area contributed by atoms with E-state index in [2.05, 4.69) is 20.3 Å². The van der Waals surface area contributed by atoms with E-state index in [0.29, 0.717) is 12.0 Å². The van der Waals surface area contributed by atoms with E-state index in [1.807, 2.05) is 19.1 Å². The van der Waals surface area contributed by atoms with E-state index in [4.69, 9.17) is 4.74 Å². The fraction of sp³-hybridized carbons (Fsp3) is 0.273. The van der Waals surface area contributed by atoms with Crippen LogP contribution in [-0.2, 0) is 17.3 Å². The lowest BCUT2D eigenvalue weighted by atomic mass is 10.1. The van der Waals surface area contributed by atoms with Crippen LogP contribution in [0.15, 0.2) is 36.7 Å². The van der Waals surface area contributed by atoms with Gasteiger partial charge in [-0.2, -0.15) is 13.2 Å². The van der Waals surface area contributed by atoms with Gasteiger partial charge in [0.2, 0.25) is 5.82 Å². The summed E-state index contributed by atoms with van der Waals surface area (Å²) in [6.07, 6.45) is 1.78. The zero-order valence-electron chi connectivity index (χ0n) is 17.3. The van der Waals surface area contributed by atoms with Crippen LogP contribution in [0.2, 0.25) is 0 Å². The van der Waals surface area contributed by atoms with E-state index < -0.39 is 12.0 Å². The highest BCUT2D eigenvalue weighted by molar-refractivity contribution is 6.03. The molecule has 0 spiro atoms. The molecule has 1 atom stereocenters. The molecule has 0 fully saturated rings. The second kappa shape index (κ2) is 8.54. The van der Waals surface area contributed by atoms with Gasteiger partial charge in [0, 0.05) is 12.7 Å². The number of benzene rings is 1. The molecule has 1 aliphatic rings. The Morgan fingerprint density at radius 3 is 2.56 bits per heavy atom. The number of hydrogen-bond acceptors (Lipinski definition) is 5. The van der Waals surface area contributed by atoms with Crippen LogP contribution in [0.25, 0.3) is 18.0 Å². The Morgan fingerprint density at radius 2 is 1.97 bits per heavy atom. The van der Waals surface area contributed by atoms with Gasteiger partial charge in [-0.3, -0.25) is 9.36 Å². The quantitative estimate of drug-likeness (QED) is 0.655. The molecule has 2 aromatic heterocycles. The van der Waals surface area contributed by atoms with Gasteiger partial charge in [0.05, 0.1) is 29.2 Å². The minimum Gasteiger partial charge on any atom is -0.377 e. The van der Waals surface area contributed by atoms with Crippen molar-refractivity contribution in [3.05, 3.63) is 64.3 Å². The summed E-state index contributed by atoms with van der Waals surface area (Å²) in [5.74, 6) is -1.43. The van der Waals surface area contributed by atoms with Crippen molar-refractivity contribution >= 4 is 23.9 Å². The maximum Gasteiger partial charge on any atom is 0.450 e. The summed E-state index contributed by atoms with van der Waals surface area (Å²) < 4.78 is 47.1. The second-order valence-electron chi connectivity index (χ2n) is 7.18. The highest BCUT2D eigenvalue weighted by Gasteiger charge is 2.38. The van der Waals surface area contributed by atoms with Crippen molar-refractivity contribution in [2.75, 3.05) is 12.4 Å². The van der Waals surface area contributed by atoms with Crippen LogP contribution in [0.3, 0.4) is 0 Å². The summed E-state index contributed by atoms with van der Waals surface area (Å²) in [5, 5.41) is 3.04. The number of amides is 1. The third-order valence-electron chi connectivity index (χ3n) is 5.12. The smallest absolute Gasteiger partial charge is 0.377 e. The van der Waals surface area contributed by atoms with Gasteiger partial charge in [-0.15, -0.1) is 0 Å². The number of carbonyl (C=O) groups excluding carboxylic acids is 1. The Labute approximate surface area is 181 Å². The molecule has 1 aliphatic carbocycles. The summed E-state index contributed by atoms with van der Waals surface area (Å²) in [6.45, 7) is 2.01. The first-order chi connectivity index (χ1) is 15.3. The topological polar surface area (TPSA) is 81.9 Å². The summed E-state index contributed by atoms with van der Waals surface area (Å²) in [6, 6.07) is 7.10. The lowest BCUT2D eigenvalue weighted by Gasteiger charge is -2.12. The van der Waals surface area contributed by atoms with Gasteiger partial charge in [-0.1, -0.05) is 25.1 Å². The van der Waals surface area contributed by atoms with E-state index in [1.165, 1.54) is 19.5 Å². The maximum atomic E-state index is 13.6. The van der Waals surface area contributed by atoms with E-state index in [1.54, 1.807) is 24.3 Å². The lowest BCUT2D eigenvalue weighted by molar-refractivity contribution is -0.146. The van der Waals surface area contributed by atoms with Crippen molar-refractivity contribution in [3.63, 3.8) is 0 Å². The van der Waals surface area contributed by atoms with Gasteiger partial charge in [0.1, 0.15) is 0 Å². The van der Waals surface area contributed by atoms with Gasteiger partial charge in [0.25, 0.3) is 5.91 Å². The lowest BCUT2D eigenvalue weighted by Crippen LogP contribution is -2.35. The molecule has 166 valence electrons. The summed E-state index contributed by atoms with van der Waals surface area (Å²) in [5.41, 5.74) is 1.54. The molecule has 1 amide bonds. The molecule has 7 nitrogen and oxygen atoms in total. The number of fused-ring (bicyclic) bond motifs is 1. The Bertz CT molecular complexity index is 1250. The molecule has 0 bridgehead atoms. The summed E-state index contributed by atoms with van der Waals surface area (Å²) in [7, 11) is 1.48. The van der Waals surface area contributed by atoms with Crippen LogP contribution >= 0.6 is 0 Å². The number of aryl methyl sites for hydroxylation is 1. The van der Waals surface area contributed by atoms with Crippen molar-refractivity contribution in [1.29, 1.82) is 0 Å². The number of ether oxygens (including phenoxy) is 1. The molecular weight excluding hydrogens is 423 g/mol. The molecule has 0 saturated heterocycles. The molecule has 0 radical (unpaired) electrons. The molecule has 1 aromatic carbocycles. The first-order valence-corrected chi connectivity index (χ1v) is 9.93.